The number of nitrogens with one attached hydrogen (secondary N) is 1. The number of rotatable bonds is 6. The molecule has 0 saturated carbocycles. The molecule has 1 aromatic rings. The molecule has 0 amide bonds. The number of aromatic nitrogens is 1. The molecular weight excluding hydrogens is 268 g/mol. The minimum absolute atomic E-state index is 0.369. The number of hydrogen-bond donors (Lipinski definition) is 1. The van der Waals surface area contributed by atoms with Crippen LogP contribution in [-0.4, -0.2) is 11.5 Å². The lowest BCUT2D eigenvalue weighted by atomic mass is 10.0. The molecule has 22 heavy (non-hydrogen) atoms. The first-order valence-corrected chi connectivity index (χ1v) is 7.94. The first-order valence-electron chi connectivity index (χ1n) is 7.94. The lowest BCUT2D eigenvalue weighted by molar-refractivity contribution is 0.560. The van der Waals surface area contributed by atoms with Gasteiger partial charge in [0, 0.05) is 18.4 Å². The minimum atomic E-state index is 0.369. The summed E-state index contributed by atoms with van der Waals surface area (Å²) >= 11 is 0. The van der Waals surface area contributed by atoms with Gasteiger partial charge in [0.2, 0.25) is 0 Å². The number of fused-ring (bicyclic) bond motifs is 1. The van der Waals surface area contributed by atoms with E-state index in [2.05, 4.69) is 65.8 Å². The number of aryl methyl sites for hydroxylation is 1. The van der Waals surface area contributed by atoms with E-state index in [1.54, 1.807) is 0 Å². The van der Waals surface area contributed by atoms with Crippen molar-refractivity contribution in [3.63, 3.8) is 0 Å². The molecule has 0 aromatic carbocycles. The number of nitrogens with zero attached hydrogens (tertiary/aromatic N) is 1. The summed E-state index contributed by atoms with van der Waals surface area (Å²) in [6.07, 6.45) is 5.98. The van der Waals surface area contributed by atoms with Crippen LogP contribution in [-0.2, 0) is 6.42 Å². The lowest BCUT2D eigenvalue weighted by Gasteiger charge is -2.14. The van der Waals surface area contributed by atoms with E-state index in [-0.39, 0.29) is 0 Å². The van der Waals surface area contributed by atoms with Crippen molar-refractivity contribution in [2.45, 2.75) is 25.8 Å². The summed E-state index contributed by atoms with van der Waals surface area (Å²) in [5.74, 6) is 0. The Morgan fingerprint density at radius 2 is 1.91 bits per heavy atom. The smallest absolute Gasteiger partial charge is 0.0299 e. The Balaban J connectivity index is 1.55. The molecule has 112 valence electrons. The molecule has 2 aliphatic carbocycles. The van der Waals surface area contributed by atoms with Crippen LogP contribution in [0.25, 0.3) is 11.1 Å². The molecule has 2 heteroatoms. The topological polar surface area (TPSA) is 24.9 Å². The molecule has 0 saturated heterocycles. The van der Waals surface area contributed by atoms with Crippen molar-refractivity contribution in [3.05, 3.63) is 78.1 Å². The zero-order valence-electron chi connectivity index (χ0n) is 13.0. The molecule has 0 bridgehead atoms. The van der Waals surface area contributed by atoms with E-state index < -0.39 is 0 Å². The summed E-state index contributed by atoms with van der Waals surface area (Å²) in [6.45, 7) is 3.26. The SMILES string of the molecule is CC(NCCCc1cccnc1)c1ccc2cccccc1-2. The van der Waals surface area contributed by atoms with E-state index >= 15 is 0 Å². The molecule has 1 heterocycles. The van der Waals surface area contributed by atoms with Crippen LogP contribution in [0.4, 0.5) is 0 Å². The first-order chi connectivity index (χ1) is 10.8. The summed E-state index contributed by atoms with van der Waals surface area (Å²) in [7, 11) is 0. The Hall–Kier alpha value is -2.19. The Morgan fingerprint density at radius 1 is 1.00 bits per heavy atom. The van der Waals surface area contributed by atoms with Gasteiger partial charge >= 0.3 is 0 Å². The average molecular weight is 290 g/mol. The van der Waals surface area contributed by atoms with E-state index in [9.17, 15) is 0 Å². The number of hydrogen-bond acceptors (Lipinski definition) is 2. The maximum Gasteiger partial charge on any atom is 0.0299 e. The van der Waals surface area contributed by atoms with Crippen LogP contribution in [0.1, 0.15) is 30.5 Å². The van der Waals surface area contributed by atoms with E-state index in [1.165, 1.54) is 22.3 Å². The van der Waals surface area contributed by atoms with Crippen LogP contribution in [0.5, 0.6) is 0 Å². The van der Waals surface area contributed by atoms with Gasteiger partial charge in [-0.3, -0.25) is 4.98 Å². The van der Waals surface area contributed by atoms with Crippen LogP contribution in [0.2, 0.25) is 0 Å². The molecule has 2 nitrogen and oxygen atoms in total. The zero-order chi connectivity index (χ0) is 15.2. The van der Waals surface area contributed by atoms with Gasteiger partial charge in [-0.25, -0.2) is 0 Å². The fourth-order valence-electron chi connectivity index (χ4n) is 2.88. The highest BCUT2D eigenvalue weighted by Crippen LogP contribution is 2.31. The molecular formula is C20H22N2. The van der Waals surface area contributed by atoms with Gasteiger partial charge in [0.1, 0.15) is 0 Å². The van der Waals surface area contributed by atoms with Crippen LogP contribution in [0.15, 0.2) is 67.0 Å². The van der Waals surface area contributed by atoms with Crippen LogP contribution in [0.3, 0.4) is 0 Å². The highest BCUT2D eigenvalue weighted by molar-refractivity contribution is 5.70. The molecule has 1 aromatic heterocycles. The normalized spacial score (nSPS) is 12.4. The molecule has 1 unspecified atom stereocenters. The summed E-state index contributed by atoms with van der Waals surface area (Å²) in [4.78, 5) is 4.16. The van der Waals surface area contributed by atoms with Crippen molar-refractivity contribution >= 4 is 0 Å². The van der Waals surface area contributed by atoms with Gasteiger partial charge in [-0.15, -0.1) is 0 Å². The average Bonchev–Trinajstić information content (AvgIpc) is 2.81. The van der Waals surface area contributed by atoms with Gasteiger partial charge in [-0.2, -0.15) is 0 Å². The van der Waals surface area contributed by atoms with E-state index in [0.29, 0.717) is 6.04 Å². The standard InChI is InChI=1S/C20H22N2/c1-16(22-14-6-8-17-7-5-13-21-15-17)19-12-11-18-9-3-2-4-10-20(18)19/h2-5,7,9-13,15-16,22H,6,8,14H2,1H3. The molecule has 3 rings (SSSR count). The van der Waals surface area contributed by atoms with Crippen LogP contribution >= 0.6 is 0 Å². The van der Waals surface area contributed by atoms with Crippen LogP contribution in [0, 0.1) is 0 Å². The van der Waals surface area contributed by atoms with Crippen LogP contribution < -0.4 is 5.32 Å². The van der Waals surface area contributed by atoms with Crippen molar-refractivity contribution in [2.75, 3.05) is 6.54 Å². The van der Waals surface area contributed by atoms with Gasteiger partial charge in [0.25, 0.3) is 0 Å². The predicted molar refractivity (Wildman–Crippen MR) is 92.0 cm³/mol. The Labute approximate surface area is 132 Å². The molecule has 0 radical (unpaired) electrons. The monoisotopic (exact) mass is 290 g/mol. The summed E-state index contributed by atoms with van der Waals surface area (Å²) in [5.41, 5.74) is 5.34. The third kappa shape index (κ3) is 3.52. The van der Waals surface area contributed by atoms with Crippen molar-refractivity contribution in [1.29, 1.82) is 0 Å². The fraction of sp³-hybridized carbons (Fsp3) is 0.250. The Kier molecular flexibility index (Phi) is 4.81. The van der Waals surface area contributed by atoms with Gasteiger partial charge < -0.3 is 5.32 Å². The summed E-state index contributed by atoms with van der Waals surface area (Å²) in [5, 5.41) is 3.64. The third-order valence-corrected chi connectivity index (χ3v) is 4.11. The second kappa shape index (κ2) is 7.19. The highest BCUT2D eigenvalue weighted by Gasteiger charge is 2.13. The van der Waals surface area contributed by atoms with Crippen molar-refractivity contribution < 1.29 is 0 Å². The van der Waals surface area contributed by atoms with Crippen molar-refractivity contribution in [3.8, 4) is 11.1 Å². The Bertz CT molecular complexity index is 678. The molecule has 0 aliphatic heterocycles. The second-order valence-corrected chi connectivity index (χ2v) is 5.71. The second-order valence-electron chi connectivity index (χ2n) is 5.71. The first kappa shape index (κ1) is 14.7. The van der Waals surface area contributed by atoms with Gasteiger partial charge in [-0.05, 0) is 54.6 Å². The summed E-state index contributed by atoms with van der Waals surface area (Å²) < 4.78 is 0. The van der Waals surface area contributed by atoms with Gasteiger partial charge in [0.05, 0.1) is 0 Å². The van der Waals surface area contributed by atoms with Gasteiger partial charge in [0.15, 0.2) is 0 Å². The zero-order valence-corrected chi connectivity index (χ0v) is 13.0. The predicted octanol–water partition coefficient (Wildman–Crippen LogP) is 4.47. The minimum Gasteiger partial charge on any atom is -0.310 e. The molecule has 0 spiro atoms. The maximum absolute atomic E-state index is 4.16. The highest BCUT2D eigenvalue weighted by atomic mass is 14.9. The van der Waals surface area contributed by atoms with Gasteiger partial charge in [-0.1, -0.05) is 48.5 Å². The molecule has 2 aliphatic rings. The lowest BCUT2D eigenvalue weighted by Crippen LogP contribution is -2.20. The van der Waals surface area contributed by atoms with Crippen molar-refractivity contribution in [1.82, 2.24) is 10.3 Å². The van der Waals surface area contributed by atoms with E-state index in [1.807, 2.05) is 18.5 Å². The Morgan fingerprint density at radius 3 is 2.77 bits per heavy atom. The summed E-state index contributed by atoms with van der Waals surface area (Å²) in [6, 6.07) is 19.6. The maximum atomic E-state index is 4.16. The largest absolute Gasteiger partial charge is 0.310 e. The van der Waals surface area contributed by atoms with Crippen molar-refractivity contribution in [2.24, 2.45) is 0 Å². The van der Waals surface area contributed by atoms with E-state index in [4.69, 9.17) is 0 Å². The number of pyridine rings is 1. The third-order valence-electron chi connectivity index (χ3n) is 4.11. The fourth-order valence-corrected chi connectivity index (χ4v) is 2.88. The van der Waals surface area contributed by atoms with E-state index in [0.717, 1.165) is 19.4 Å². The molecule has 0 fully saturated rings. The quantitative estimate of drug-likeness (QED) is 0.677. The molecule has 1 N–H and O–H groups in total. The molecule has 1 atom stereocenters.